The lowest BCUT2D eigenvalue weighted by atomic mass is 10.2. The van der Waals surface area contributed by atoms with Gasteiger partial charge < -0.3 is 9.30 Å². The zero-order chi connectivity index (χ0) is 20.4. The lowest BCUT2D eigenvalue weighted by molar-refractivity contribution is -0.128. The molecule has 0 saturated carbocycles. The Balaban J connectivity index is 1.66. The van der Waals surface area contributed by atoms with Crippen molar-refractivity contribution in [3.05, 3.63) is 60.3 Å². The number of hydrogen-bond donors (Lipinski definition) is 1. The molecule has 0 unspecified atom stereocenters. The summed E-state index contributed by atoms with van der Waals surface area (Å²) in [5.41, 5.74) is 4.56. The topological polar surface area (TPSA) is 80.6 Å². The van der Waals surface area contributed by atoms with Gasteiger partial charge in [0.1, 0.15) is 6.54 Å². The van der Waals surface area contributed by atoms with Gasteiger partial charge in [-0.15, -0.1) is 0 Å². The maximum absolute atomic E-state index is 13.2. The quantitative estimate of drug-likeness (QED) is 0.693. The van der Waals surface area contributed by atoms with E-state index in [1.165, 1.54) is 0 Å². The van der Waals surface area contributed by atoms with Gasteiger partial charge in [-0.25, -0.2) is 13.4 Å². The molecule has 8 heteroatoms. The highest BCUT2D eigenvalue weighted by Gasteiger charge is 2.24. The summed E-state index contributed by atoms with van der Waals surface area (Å²) in [6.07, 6.45) is 1.55. The maximum Gasteiger partial charge on any atom is 0.254 e. The normalized spacial score (nSPS) is 15.5. The van der Waals surface area contributed by atoms with Gasteiger partial charge in [0.2, 0.25) is 9.84 Å². The minimum atomic E-state index is -3.70. The van der Waals surface area contributed by atoms with Crippen LogP contribution in [0.3, 0.4) is 0 Å². The first-order valence-electron chi connectivity index (χ1n) is 9.47. The highest BCUT2D eigenvalue weighted by atomic mass is 32.2. The third-order valence-corrected chi connectivity index (χ3v) is 6.78. The van der Waals surface area contributed by atoms with Crippen LogP contribution in [0.4, 0.5) is 0 Å². The third kappa shape index (κ3) is 4.05. The van der Waals surface area contributed by atoms with Gasteiger partial charge in [-0.1, -0.05) is 35.9 Å². The predicted molar refractivity (Wildman–Crippen MR) is 109 cm³/mol. The summed E-state index contributed by atoms with van der Waals surface area (Å²) in [7, 11) is -3.70. The van der Waals surface area contributed by atoms with E-state index >= 15 is 0 Å². The molecular formula is C21H23N3O4S. The second-order valence-corrected chi connectivity index (χ2v) is 9.01. The Kier molecular flexibility index (Phi) is 5.40. The Hall–Kier alpha value is -2.68. The molecule has 1 fully saturated rings. The van der Waals surface area contributed by atoms with Crippen LogP contribution in [0, 0.1) is 6.92 Å². The zero-order valence-corrected chi connectivity index (χ0v) is 17.0. The van der Waals surface area contributed by atoms with Crippen molar-refractivity contribution in [2.45, 2.75) is 23.3 Å². The minimum absolute atomic E-state index is 0.0291. The van der Waals surface area contributed by atoms with E-state index in [0.717, 1.165) is 5.56 Å². The maximum atomic E-state index is 13.2. The molecule has 1 N–H and O–H groups in total. The van der Waals surface area contributed by atoms with E-state index in [0.29, 0.717) is 37.2 Å². The molecule has 2 aromatic carbocycles. The number of aryl methyl sites for hydroxylation is 1. The number of para-hydroxylation sites is 1. The smallest absolute Gasteiger partial charge is 0.254 e. The largest absolute Gasteiger partial charge is 0.379 e. The predicted octanol–water partition coefficient (Wildman–Crippen LogP) is 2.15. The second-order valence-electron chi connectivity index (χ2n) is 7.09. The summed E-state index contributed by atoms with van der Waals surface area (Å²) in [5, 5.41) is 2.42. The van der Waals surface area contributed by atoms with E-state index in [2.05, 4.69) is 5.43 Å². The van der Waals surface area contributed by atoms with Crippen molar-refractivity contribution < 1.29 is 17.9 Å². The molecule has 4 rings (SSSR count). The monoisotopic (exact) mass is 413 g/mol. The average molecular weight is 413 g/mol. The lowest BCUT2D eigenvalue weighted by Gasteiger charge is -2.27. The Bertz CT molecular complexity index is 1130. The van der Waals surface area contributed by atoms with Gasteiger partial charge >= 0.3 is 0 Å². The summed E-state index contributed by atoms with van der Waals surface area (Å²) < 4.78 is 33.4. The molecule has 2 heterocycles. The molecule has 0 radical (unpaired) electrons. The number of nitrogens with one attached hydrogen (secondary N) is 1. The summed E-state index contributed by atoms with van der Waals surface area (Å²) >= 11 is 0. The van der Waals surface area contributed by atoms with Crippen molar-refractivity contribution in [2.75, 3.05) is 26.3 Å². The molecule has 1 amide bonds. The molecule has 1 aliphatic heterocycles. The summed E-state index contributed by atoms with van der Waals surface area (Å²) in [6, 6.07) is 14.0. The number of sulfone groups is 1. The van der Waals surface area contributed by atoms with E-state index in [9.17, 15) is 13.2 Å². The number of hydrazine groups is 1. The SMILES string of the molecule is Cc1ccc(S(=O)(=O)c2cn(CC(=O)NN3CCOCC3)c3ccccc23)cc1. The van der Waals surface area contributed by atoms with E-state index in [1.54, 1.807) is 47.2 Å². The molecule has 1 aliphatic rings. The van der Waals surface area contributed by atoms with Crippen molar-refractivity contribution in [1.82, 2.24) is 15.0 Å². The van der Waals surface area contributed by atoms with Gasteiger partial charge in [-0.3, -0.25) is 10.2 Å². The summed E-state index contributed by atoms with van der Waals surface area (Å²) in [6.45, 7) is 4.35. The van der Waals surface area contributed by atoms with Crippen LogP contribution in [0.2, 0.25) is 0 Å². The van der Waals surface area contributed by atoms with Crippen LogP contribution in [0.1, 0.15) is 5.56 Å². The number of benzene rings is 2. The van der Waals surface area contributed by atoms with Crippen molar-refractivity contribution in [3.8, 4) is 0 Å². The molecule has 0 aliphatic carbocycles. The Morgan fingerprint density at radius 2 is 1.76 bits per heavy atom. The van der Waals surface area contributed by atoms with Crippen LogP contribution in [0.25, 0.3) is 10.9 Å². The van der Waals surface area contributed by atoms with Gasteiger partial charge in [0.25, 0.3) is 5.91 Å². The van der Waals surface area contributed by atoms with E-state index in [-0.39, 0.29) is 22.2 Å². The van der Waals surface area contributed by atoms with Crippen LogP contribution in [-0.4, -0.2) is 50.2 Å². The fraction of sp³-hybridized carbons (Fsp3) is 0.286. The zero-order valence-electron chi connectivity index (χ0n) is 16.2. The molecule has 7 nitrogen and oxygen atoms in total. The molecule has 29 heavy (non-hydrogen) atoms. The van der Waals surface area contributed by atoms with Gasteiger partial charge in [0.05, 0.1) is 23.0 Å². The van der Waals surface area contributed by atoms with Crippen LogP contribution in [0.5, 0.6) is 0 Å². The Morgan fingerprint density at radius 1 is 1.07 bits per heavy atom. The number of ether oxygens (including phenoxy) is 1. The molecule has 1 saturated heterocycles. The van der Waals surface area contributed by atoms with Gasteiger partial charge in [-0.05, 0) is 25.1 Å². The van der Waals surface area contributed by atoms with Gasteiger partial charge in [0, 0.05) is 30.2 Å². The first kappa shape index (κ1) is 19.6. The van der Waals surface area contributed by atoms with E-state index in [4.69, 9.17) is 4.74 Å². The lowest BCUT2D eigenvalue weighted by Crippen LogP contribution is -2.49. The highest BCUT2D eigenvalue weighted by Crippen LogP contribution is 2.30. The van der Waals surface area contributed by atoms with Crippen LogP contribution < -0.4 is 5.43 Å². The number of aromatic nitrogens is 1. The fourth-order valence-corrected chi connectivity index (χ4v) is 4.92. The second kappa shape index (κ2) is 7.98. The van der Waals surface area contributed by atoms with Crippen molar-refractivity contribution in [3.63, 3.8) is 0 Å². The summed E-state index contributed by atoms with van der Waals surface area (Å²) in [4.78, 5) is 13.0. The minimum Gasteiger partial charge on any atom is -0.379 e. The number of carbonyl (C=O) groups is 1. The number of carbonyl (C=O) groups excluding carboxylic acids is 1. The molecular weight excluding hydrogens is 390 g/mol. The standard InChI is InChI=1S/C21H23N3O4S/c1-16-6-8-17(9-7-16)29(26,27)20-14-23(19-5-3-2-4-18(19)20)15-21(25)22-24-10-12-28-13-11-24/h2-9,14H,10-13,15H2,1H3,(H,22,25). The van der Waals surface area contributed by atoms with Crippen molar-refractivity contribution in [2.24, 2.45) is 0 Å². The Labute approximate surface area is 169 Å². The molecule has 152 valence electrons. The number of morpholine rings is 1. The van der Waals surface area contributed by atoms with Crippen LogP contribution >= 0.6 is 0 Å². The van der Waals surface area contributed by atoms with Crippen molar-refractivity contribution in [1.29, 1.82) is 0 Å². The Morgan fingerprint density at radius 3 is 2.48 bits per heavy atom. The highest BCUT2D eigenvalue weighted by molar-refractivity contribution is 7.91. The van der Waals surface area contributed by atoms with Gasteiger partial charge in [-0.2, -0.15) is 0 Å². The first-order valence-corrected chi connectivity index (χ1v) is 11.0. The van der Waals surface area contributed by atoms with E-state index < -0.39 is 9.84 Å². The van der Waals surface area contributed by atoms with Gasteiger partial charge in [0.15, 0.2) is 0 Å². The number of nitrogens with zero attached hydrogens (tertiary/aromatic N) is 2. The number of hydrogen-bond acceptors (Lipinski definition) is 5. The molecule has 0 atom stereocenters. The summed E-state index contributed by atoms with van der Waals surface area (Å²) in [5.74, 6) is -0.202. The average Bonchev–Trinajstić information content (AvgIpc) is 3.08. The third-order valence-electron chi connectivity index (χ3n) is 4.98. The molecule has 0 spiro atoms. The molecule has 0 bridgehead atoms. The number of amides is 1. The number of rotatable bonds is 5. The number of fused-ring (bicyclic) bond motifs is 1. The molecule has 3 aromatic rings. The van der Waals surface area contributed by atoms with Crippen LogP contribution in [0.15, 0.2) is 64.5 Å². The van der Waals surface area contributed by atoms with Crippen molar-refractivity contribution >= 4 is 26.6 Å². The van der Waals surface area contributed by atoms with Crippen LogP contribution in [-0.2, 0) is 25.9 Å². The fourth-order valence-electron chi connectivity index (χ4n) is 3.44. The van der Waals surface area contributed by atoms with E-state index in [1.807, 2.05) is 24.1 Å². The first-order chi connectivity index (χ1) is 13.9. The molecule has 1 aromatic heterocycles.